The molecule has 103 heavy (non-hydrogen) atoms. The van der Waals surface area contributed by atoms with Crippen molar-refractivity contribution in [2.75, 3.05) is 9.80 Å². The van der Waals surface area contributed by atoms with E-state index in [9.17, 15) is 27.4 Å². The molecule has 2 aliphatic rings. The van der Waals surface area contributed by atoms with Crippen molar-refractivity contribution in [2.24, 2.45) is 0 Å². The van der Waals surface area contributed by atoms with E-state index in [4.69, 9.17) is 5.48 Å². The Morgan fingerprint density at radius 1 is 0.282 bits per heavy atom. The Kier molecular flexibility index (Phi) is 10.2. The summed E-state index contributed by atoms with van der Waals surface area (Å²) in [4.78, 5) is 3.38. The van der Waals surface area contributed by atoms with E-state index in [-0.39, 0.29) is 68.2 Å². The van der Waals surface area contributed by atoms with E-state index >= 15 is 0 Å². The van der Waals surface area contributed by atoms with Crippen molar-refractivity contribution >= 4 is 101 Å². The second kappa shape index (κ2) is 23.9. The third kappa shape index (κ3) is 10.9. The molecule has 5 heteroatoms. The van der Waals surface area contributed by atoms with Crippen LogP contribution in [0.2, 0.25) is 0 Å². The third-order valence-electron chi connectivity index (χ3n) is 20.3. The summed E-state index contributed by atoms with van der Waals surface area (Å²) in [7, 11) is 0. The molecule has 0 atom stereocenters. The lowest BCUT2D eigenvalue weighted by atomic mass is 9.33. The highest BCUT2D eigenvalue weighted by Crippen LogP contribution is 2.55. The summed E-state index contributed by atoms with van der Waals surface area (Å²) in [6.07, 6.45) is 0. The van der Waals surface area contributed by atoms with Crippen LogP contribution in [0.4, 0.5) is 34.1 Å². The zero-order valence-electron chi connectivity index (χ0n) is 84.6. The van der Waals surface area contributed by atoms with Gasteiger partial charge in [-0.2, -0.15) is 0 Å². The summed E-state index contributed by atoms with van der Waals surface area (Å²) in [5, 5.41) is -1.59. The minimum atomic E-state index is -1.90. The molecular formula is C98H91BN4. The van der Waals surface area contributed by atoms with Gasteiger partial charge in [0.05, 0.1) is 66.3 Å². The lowest BCUT2D eigenvalue weighted by molar-refractivity contribution is 0.590. The zero-order valence-corrected chi connectivity index (χ0v) is 60.6. The lowest BCUT2D eigenvalue weighted by Gasteiger charge is -2.46. The first-order valence-electron chi connectivity index (χ1n) is 47.1. The molecule has 4 nitrogen and oxygen atoms in total. The number of fused-ring (bicyclic) bond motifs is 10. The van der Waals surface area contributed by atoms with Gasteiger partial charge >= 0.3 is 0 Å². The Labute approximate surface area is 643 Å². The largest absolute Gasteiger partial charge is 0.310 e. The van der Waals surface area contributed by atoms with Crippen molar-refractivity contribution in [3.8, 4) is 55.9 Å². The van der Waals surface area contributed by atoms with Gasteiger partial charge in [-0.25, -0.2) is 0 Å². The van der Waals surface area contributed by atoms with Crippen molar-refractivity contribution in [1.29, 1.82) is 0 Å². The van der Waals surface area contributed by atoms with Gasteiger partial charge in [0.2, 0.25) is 0 Å². The lowest BCUT2D eigenvalue weighted by Crippen LogP contribution is -2.61. The van der Waals surface area contributed by atoms with Crippen LogP contribution in [0.1, 0.15) is 165 Å². The highest BCUT2D eigenvalue weighted by molar-refractivity contribution is 7.00. The fourth-order valence-corrected chi connectivity index (χ4v) is 14.8. The maximum Gasteiger partial charge on any atom is 0.252 e. The molecule has 0 radical (unpaired) electrons. The number of hydrogen-bond acceptors (Lipinski definition) is 2. The molecule has 2 aliphatic heterocycles. The Hall–Kier alpha value is -10.9. The first kappa shape index (κ1) is 43.8. The SMILES string of the molecule is [2H]c1c([2H])c(-n2c3c([2H])c([2H])c([2H])c([2H])c3c3c([2H])c([2H])c([2H])c([2H])c32)c([2H])c2c1B1c3c([2H])c([2H])c(-n4c5c([2H])c([2H])c([2H])c([2H])c5c5c([2H])c([2H])c([2H])c([2H])c54)c([2H])c3N(c3c(-c4cccc(C(C)(C)C)c4)cccc3-c3cccc(C(C)(C)C)c3)c3c([2H])c(C(C)(C)C)c([2H])c(c31)N2c1c(-c2cccc(C(C)(C)C)c2)cccc1-c1cccc(C(C)(C)C)c1. The number of rotatable bonds is 8. The van der Waals surface area contributed by atoms with Gasteiger partial charge in [-0.3, -0.25) is 0 Å². The summed E-state index contributed by atoms with van der Waals surface area (Å²) in [6.45, 7) is 28.5. The van der Waals surface area contributed by atoms with Gasteiger partial charge in [0.15, 0.2) is 0 Å². The van der Waals surface area contributed by atoms with E-state index in [1.807, 2.05) is 154 Å². The molecule has 0 saturated carbocycles. The van der Waals surface area contributed by atoms with Crippen molar-refractivity contribution in [1.82, 2.24) is 9.13 Å². The molecule has 506 valence electrons. The number of anilines is 6. The van der Waals surface area contributed by atoms with Crippen LogP contribution < -0.4 is 26.2 Å². The van der Waals surface area contributed by atoms with Crippen LogP contribution in [0.25, 0.3) is 99.5 Å². The van der Waals surface area contributed by atoms with E-state index < -0.39 is 222 Å². The molecule has 0 unspecified atom stereocenters. The van der Waals surface area contributed by atoms with Crippen molar-refractivity contribution in [2.45, 2.75) is 131 Å². The van der Waals surface area contributed by atoms with Crippen LogP contribution in [0.5, 0.6) is 0 Å². The number of para-hydroxylation sites is 6. The maximum absolute atomic E-state index is 11.8. The highest BCUT2D eigenvalue weighted by atomic mass is 15.2. The van der Waals surface area contributed by atoms with Gasteiger partial charge in [0.25, 0.3) is 6.71 Å². The molecule has 0 fully saturated rings. The normalized spacial score (nSPS) is 16.6. The average molecular weight is 1360 g/mol. The van der Waals surface area contributed by atoms with Gasteiger partial charge in [0.1, 0.15) is 0 Å². The van der Waals surface area contributed by atoms with Crippen LogP contribution in [0, 0.1) is 0 Å². The maximum atomic E-state index is 11.8. The van der Waals surface area contributed by atoms with Crippen LogP contribution in [0.3, 0.4) is 0 Å². The van der Waals surface area contributed by atoms with E-state index in [0.717, 1.165) is 31.4 Å². The first-order chi connectivity index (χ1) is 59.3. The quantitative estimate of drug-likeness (QED) is 0.141. The van der Waals surface area contributed by atoms with E-state index in [2.05, 4.69) is 83.1 Å². The first-order valence-corrected chi connectivity index (χ1v) is 35.1. The third-order valence-corrected chi connectivity index (χ3v) is 20.3. The molecule has 0 spiro atoms. The van der Waals surface area contributed by atoms with Crippen molar-refractivity contribution in [3.63, 3.8) is 0 Å². The monoisotopic (exact) mass is 1360 g/mol. The summed E-state index contributed by atoms with van der Waals surface area (Å²) in [6, 6.07) is 25.2. The molecule has 0 N–H and O–H groups in total. The van der Waals surface area contributed by atoms with Crippen LogP contribution >= 0.6 is 0 Å². The molecule has 0 bridgehead atoms. The van der Waals surface area contributed by atoms with Gasteiger partial charge in [-0.1, -0.05) is 322 Å². The van der Waals surface area contributed by atoms with Crippen LogP contribution in [-0.2, 0) is 27.1 Å². The molecule has 2 aromatic heterocycles. The minimum Gasteiger partial charge on any atom is -0.310 e. The predicted octanol–water partition coefficient (Wildman–Crippen LogP) is 25.1. The number of hydrogen-bond donors (Lipinski definition) is 0. The molecular weight excluding hydrogens is 1240 g/mol. The van der Waals surface area contributed by atoms with E-state index in [1.54, 1.807) is 9.80 Å². The summed E-state index contributed by atoms with van der Waals surface area (Å²) < 4.78 is 247. The fourth-order valence-electron chi connectivity index (χ4n) is 14.8. The summed E-state index contributed by atoms with van der Waals surface area (Å²) in [5.74, 6) is 0. The molecule has 0 saturated heterocycles. The number of nitrogens with zero attached hydrogens (tertiary/aromatic N) is 4. The summed E-state index contributed by atoms with van der Waals surface area (Å²) in [5.41, 5.74) is 0.460. The second-order valence-electron chi connectivity index (χ2n) is 32.4. The molecule has 17 rings (SSSR count). The molecule has 4 heterocycles. The van der Waals surface area contributed by atoms with Gasteiger partial charge in [-0.05, 0) is 154 Å². The molecule has 0 aliphatic carbocycles. The van der Waals surface area contributed by atoms with Gasteiger partial charge in [-0.15, -0.1) is 0 Å². The van der Waals surface area contributed by atoms with E-state index in [1.165, 1.54) is 0 Å². The Bertz CT molecular complexity index is 6700. The van der Waals surface area contributed by atoms with Crippen LogP contribution in [0.15, 0.2) is 278 Å². The van der Waals surface area contributed by atoms with E-state index in [0.29, 0.717) is 44.5 Å². The molecule has 15 aromatic rings. The topological polar surface area (TPSA) is 16.3 Å². The van der Waals surface area contributed by atoms with Gasteiger partial charge < -0.3 is 18.9 Å². The van der Waals surface area contributed by atoms with Gasteiger partial charge in [0, 0.05) is 77.9 Å². The smallest absolute Gasteiger partial charge is 0.252 e. The molecule has 13 aromatic carbocycles. The van der Waals surface area contributed by atoms with Crippen molar-refractivity contribution < 1.29 is 32.9 Å². The molecule has 0 amide bonds. The average Bonchev–Trinajstić information content (AvgIpc) is 1.32. The zero-order chi connectivity index (χ0) is 92.3. The number of benzene rings is 13. The fraction of sp³-hybridized carbons (Fsp3) is 0.204. The van der Waals surface area contributed by atoms with Crippen LogP contribution in [-0.4, -0.2) is 15.8 Å². The standard InChI is InChI=1S/C98H91BN4/c1-94(2,3)66-34-24-30-62(54-66)73-42-28-43-74(63-31-25-35-67(55-63)95(4,5)6)92(73)102-87-60-71(100-83-46-20-16-38-77(83)78-39-17-21-47-84(78)100)50-52-81(87)99-82-53-51-72(101-85-48-22-18-40-79(85)80-41-19-23-49-86(80)101)61-88(82)103(90-59-70(98(13,14)15)58-89(102)91(90)99)93-75(64-32-26-36-68(56-64)96(7,8)9)44-29-45-76(93)65-33-27-37-69(57-65)97(10,11)12/h16-61H,1-15H3/i16D,17D,18D,19D,20D,21D,22D,23D,38D,39D,40D,41D,46D,47D,48D,49D,50D,51D,52D,53D,58D,59D,60D,61D. The Morgan fingerprint density at radius 2 is 0.553 bits per heavy atom. The number of aromatic nitrogens is 2. The predicted molar refractivity (Wildman–Crippen MR) is 444 cm³/mol. The second-order valence-corrected chi connectivity index (χ2v) is 32.4. The Morgan fingerprint density at radius 3 is 0.835 bits per heavy atom. The minimum absolute atomic E-state index is 0.0106. The van der Waals surface area contributed by atoms with Crippen molar-refractivity contribution in [3.05, 3.63) is 306 Å². The summed E-state index contributed by atoms with van der Waals surface area (Å²) >= 11 is 0. The highest BCUT2D eigenvalue weighted by Gasteiger charge is 2.46. The Balaban J connectivity index is 1.19.